The Morgan fingerprint density at radius 3 is 2.31 bits per heavy atom. The van der Waals surface area contributed by atoms with Gasteiger partial charge in [-0.3, -0.25) is 4.72 Å². The van der Waals surface area contributed by atoms with Crippen LogP contribution in [0.1, 0.15) is 16.7 Å². The van der Waals surface area contributed by atoms with Crippen LogP contribution in [0.4, 0.5) is 5.69 Å². The minimum atomic E-state index is -3.65. The fraction of sp³-hybridized carbons (Fsp3) is 0.0476. The van der Waals surface area contributed by atoms with Gasteiger partial charge in [0.1, 0.15) is 5.75 Å². The molecule has 26 heavy (non-hydrogen) atoms. The molecule has 3 aromatic rings. The Balaban J connectivity index is 2.07. The highest BCUT2D eigenvalue weighted by Crippen LogP contribution is 2.39. The number of fused-ring (bicyclic) bond motifs is 2. The Hall–Kier alpha value is -3.05. The number of ether oxygens (including phenoxy) is 1. The Morgan fingerprint density at radius 2 is 1.50 bits per heavy atom. The molecule has 0 saturated heterocycles. The van der Waals surface area contributed by atoms with Crippen molar-refractivity contribution in [3.8, 4) is 5.75 Å². The van der Waals surface area contributed by atoms with Gasteiger partial charge in [-0.1, -0.05) is 54.6 Å². The molecular weight excluding hydrogens is 346 g/mol. The molecular formula is C21H17NO3S. The van der Waals surface area contributed by atoms with Crippen LogP contribution in [0.25, 0.3) is 11.6 Å². The molecule has 0 spiro atoms. The standard InChI is InChI=1S/C21H17NO3S/c1-25-20-12-6-2-8-15(20)14-18-16-9-3-5-11-19(16)22-26(23,24)21-13-7-4-10-17(18)21/h2-14,22H,1H3/b18-14-. The minimum absolute atomic E-state index is 0.261. The minimum Gasteiger partial charge on any atom is -0.496 e. The maximum atomic E-state index is 12.8. The largest absolute Gasteiger partial charge is 0.496 e. The van der Waals surface area contributed by atoms with Gasteiger partial charge >= 0.3 is 0 Å². The summed E-state index contributed by atoms with van der Waals surface area (Å²) in [7, 11) is -2.03. The molecule has 4 nitrogen and oxygen atoms in total. The number of hydrogen-bond acceptors (Lipinski definition) is 3. The van der Waals surface area contributed by atoms with Gasteiger partial charge in [0.05, 0.1) is 17.7 Å². The third-order valence-corrected chi connectivity index (χ3v) is 5.79. The molecule has 0 aliphatic carbocycles. The highest BCUT2D eigenvalue weighted by atomic mass is 32.2. The van der Waals surface area contributed by atoms with Crippen molar-refractivity contribution in [2.45, 2.75) is 4.90 Å². The van der Waals surface area contributed by atoms with Crippen molar-refractivity contribution >= 4 is 27.4 Å². The molecule has 4 rings (SSSR count). The molecule has 1 N–H and O–H groups in total. The predicted molar refractivity (Wildman–Crippen MR) is 104 cm³/mol. The van der Waals surface area contributed by atoms with Crippen LogP contribution in [0.15, 0.2) is 77.7 Å². The molecule has 0 unspecified atom stereocenters. The van der Waals surface area contributed by atoms with E-state index in [1.807, 2.05) is 60.7 Å². The summed E-state index contributed by atoms with van der Waals surface area (Å²) in [6.07, 6.45) is 1.97. The Labute approximate surface area is 152 Å². The highest BCUT2D eigenvalue weighted by Gasteiger charge is 2.27. The summed E-state index contributed by atoms with van der Waals surface area (Å²) in [5, 5.41) is 0. The van der Waals surface area contributed by atoms with Crippen LogP contribution in [-0.4, -0.2) is 15.5 Å². The van der Waals surface area contributed by atoms with Crippen LogP contribution < -0.4 is 9.46 Å². The number of rotatable bonds is 2. The highest BCUT2D eigenvalue weighted by molar-refractivity contribution is 7.92. The summed E-state index contributed by atoms with van der Waals surface area (Å²) >= 11 is 0. The Kier molecular flexibility index (Phi) is 4.01. The van der Waals surface area contributed by atoms with Gasteiger partial charge in [0, 0.05) is 16.7 Å². The van der Waals surface area contributed by atoms with Crippen LogP contribution in [0, 0.1) is 0 Å². The zero-order chi connectivity index (χ0) is 18.1. The van der Waals surface area contributed by atoms with E-state index in [2.05, 4.69) is 4.72 Å². The average molecular weight is 363 g/mol. The number of nitrogens with one attached hydrogen (secondary N) is 1. The lowest BCUT2D eigenvalue weighted by Gasteiger charge is -2.12. The summed E-state index contributed by atoms with van der Waals surface area (Å²) in [6.45, 7) is 0. The number of benzene rings is 3. The van der Waals surface area contributed by atoms with Gasteiger partial charge in [0.15, 0.2) is 0 Å². The first-order chi connectivity index (χ1) is 12.6. The van der Waals surface area contributed by atoms with Gasteiger partial charge in [-0.2, -0.15) is 0 Å². The number of methoxy groups -OCH3 is 1. The van der Waals surface area contributed by atoms with Crippen LogP contribution >= 0.6 is 0 Å². The van der Waals surface area contributed by atoms with Gasteiger partial charge < -0.3 is 4.74 Å². The summed E-state index contributed by atoms with van der Waals surface area (Å²) in [5.74, 6) is 0.732. The lowest BCUT2D eigenvalue weighted by Crippen LogP contribution is -2.12. The van der Waals surface area contributed by atoms with E-state index in [-0.39, 0.29) is 4.90 Å². The normalized spacial score (nSPS) is 16.1. The molecule has 130 valence electrons. The lowest BCUT2D eigenvalue weighted by molar-refractivity contribution is 0.414. The van der Waals surface area contributed by atoms with Crippen LogP contribution in [0.3, 0.4) is 0 Å². The van der Waals surface area contributed by atoms with Gasteiger partial charge in [0.25, 0.3) is 10.0 Å². The van der Waals surface area contributed by atoms with Crippen molar-refractivity contribution in [3.63, 3.8) is 0 Å². The Morgan fingerprint density at radius 1 is 0.846 bits per heavy atom. The topological polar surface area (TPSA) is 55.4 Å². The first kappa shape index (κ1) is 16.4. The van der Waals surface area contributed by atoms with Crippen molar-refractivity contribution < 1.29 is 13.2 Å². The zero-order valence-corrected chi connectivity index (χ0v) is 15.0. The summed E-state index contributed by atoms with van der Waals surface area (Å²) in [4.78, 5) is 0.261. The van der Waals surface area contributed by atoms with E-state index in [9.17, 15) is 8.42 Å². The van der Waals surface area contributed by atoms with Gasteiger partial charge in [-0.25, -0.2) is 8.42 Å². The monoisotopic (exact) mass is 363 g/mol. The molecule has 0 aromatic heterocycles. The maximum Gasteiger partial charge on any atom is 0.262 e. The molecule has 0 fully saturated rings. The quantitative estimate of drug-likeness (QED) is 0.734. The van der Waals surface area contributed by atoms with Crippen molar-refractivity contribution in [1.29, 1.82) is 0 Å². The van der Waals surface area contributed by atoms with Crippen LogP contribution in [0.5, 0.6) is 5.75 Å². The zero-order valence-electron chi connectivity index (χ0n) is 14.1. The second-order valence-electron chi connectivity index (χ2n) is 5.95. The van der Waals surface area contributed by atoms with Gasteiger partial charge in [-0.15, -0.1) is 0 Å². The molecule has 0 amide bonds. The Bertz CT molecular complexity index is 1120. The number of para-hydroxylation sites is 2. The average Bonchev–Trinajstić information content (AvgIpc) is 2.75. The van der Waals surface area contributed by atoms with E-state index in [1.165, 1.54) is 0 Å². The predicted octanol–water partition coefficient (Wildman–Crippen LogP) is 4.40. The third kappa shape index (κ3) is 2.76. The van der Waals surface area contributed by atoms with Crippen molar-refractivity contribution in [1.82, 2.24) is 0 Å². The van der Waals surface area contributed by atoms with Crippen molar-refractivity contribution in [3.05, 3.63) is 89.5 Å². The third-order valence-electron chi connectivity index (χ3n) is 4.37. The lowest BCUT2D eigenvalue weighted by atomic mass is 9.94. The molecule has 3 aromatic carbocycles. The molecule has 0 saturated carbocycles. The van der Waals surface area contributed by atoms with Gasteiger partial charge in [-0.05, 0) is 29.8 Å². The van der Waals surface area contributed by atoms with Gasteiger partial charge in [0.2, 0.25) is 0 Å². The van der Waals surface area contributed by atoms with E-state index >= 15 is 0 Å². The first-order valence-electron chi connectivity index (χ1n) is 8.16. The van der Waals surface area contributed by atoms with Crippen LogP contribution in [0.2, 0.25) is 0 Å². The smallest absolute Gasteiger partial charge is 0.262 e. The van der Waals surface area contributed by atoms with E-state index in [0.29, 0.717) is 11.3 Å². The van der Waals surface area contributed by atoms with E-state index in [4.69, 9.17) is 4.74 Å². The van der Waals surface area contributed by atoms with E-state index in [0.717, 1.165) is 22.4 Å². The summed E-state index contributed by atoms with van der Waals surface area (Å²) in [6, 6.07) is 22.1. The molecule has 1 aliphatic rings. The second-order valence-corrected chi connectivity index (χ2v) is 7.60. The fourth-order valence-corrected chi connectivity index (χ4v) is 4.47. The van der Waals surface area contributed by atoms with Crippen molar-refractivity contribution in [2.24, 2.45) is 0 Å². The van der Waals surface area contributed by atoms with E-state index in [1.54, 1.807) is 25.3 Å². The van der Waals surface area contributed by atoms with Crippen molar-refractivity contribution in [2.75, 3.05) is 11.8 Å². The molecule has 0 radical (unpaired) electrons. The molecule has 1 aliphatic heterocycles. The maximum absolute atomic E-state index is 12.8. The molecule has 0 bridgehead atoms. The fourth-order valence-electron chi connectivity index (χ4n) is 3.17. The van der Waals surface area contributed by atoms with E-state index < -0.39 is 10.0 Å². The number of hydrogen-bond donors (Lipinski definition) is 1. The number of anilines is 1. The molecule has 0 atom stereocenters. The summed E-state index contributed by atoms with van der Waals surface area (Å²) < 4.78 is 33.8. The second kappa shape index (κ2) is 6.35. The SMILES string of the molecule is COc1ccccc1/C=C1/c2ccccc2NS(=O)(=O)c2ccccc21. The van der Waals surface area contributed by atoms with Crippen LogP contribution in [-0.2, 0) is 10.0 Å². The number of sulfonamides is 1. The summed E-state index contributed by atoms with van der Waals surface area (Å²) in [5.41, 5.74) is 3.76. The molecule has 1 heterocycles. The first-order valence-corrected chi connectivity index (χ1v) is 9.65. The molecule has 5 heteroatoms.